The largest absolute Gasteiger partial charge is 0.340 e. The number of amides is 2. The molecule has 0 fully saturated rings. The van der Waals surface area contributed by atoms with E-state index in [0.717, 1.165) is 17.2 Å². The van der Waals surface area contributed by atoms with Gasteiger partial charge < -0.3 is 5.32 Å². The van der Waals surface area contributed by atoms with Crippen LogP contribution in [0.25, 0.3) is 10.6 Å². The van der Waals surface area contributed by atoms with Crippen molar-refractivity contribution < 1.29 is 14.5 Å². The lowest BCUT2D eigenvalue weighted by atomic mass is 10.1. The Hall–Kier alpha value is -3.37. The first-order chi connectivity index (χ1) is 14.2. The molecular weight excluding hydrogens is 430 g/mol. The van der Waals surface area contributed by atoms with E-state index < -0.39 is 22.8 Å². The number of nitrogens with zero attached hydrogens (tertiary/aromatic N) is 3. The van der Waals surface area contributed by atoms with E-state index in [1.165, 1.54) is 30.4 Å². The Kier molecular flexibility index (Phi) is 6.38. The van der Waals surface area contributed by atoms with Crippen molar-refractivity contribution in [2.45, 2.75) is 19.9 Å². The van der Waals surface area contributed by atoms with Crippen LogP contribution in [0.1, 0.15) is 22.8 Å². The maximum Gasteiger partial charge on any atom is 0.270 e. The van der Waals surface area contributed by atoms with Crippen molar-refractivity contribution in [2.24, 2.45) is 0 Å². The molecule has 0 aliphatic heterocycles. The molecule has 11 heteroatoms. The van der Waals surface area contributed by atoms with Crippen LogP contribution in [0.5, 0.6) is 0 Å². The van der Waals surface area contributed by atoms with Crippen LogP contribution in [0.15, 0.2) is 42.5 Å². The minimum absolute atomic E-state index is 0.0273. The number of benzene rings is 2. The Labute approximate surface area is 180 Å². The minimum atomic E-state index is -0.907. The topological polar surface area (TPSA) is 127 Å². The Morgan fingerprint density at radius 3 is 2.50 bits per heavy atom. The van der Waals surface area contributed by atoms with Gasteiger partial charge in [-0.25, -0.2) is 0 Å². The van der Waals surface area contributed by atoms with Gasteiger partial charge in [0.25, 0.3) is 11.6 Å². The summed E-state index contributed by atoms with van der Waals surface area (Å²) in [6, 6.07) is 10.3. The van der Waals surface area contributed by atoms with Gasteiger partial charge in [-0.15, -0.1) is 10.2 Å². The molecule has 0 radical (unpaired) electrons. The standard InChI is InChI=1S/C19H16ClN5O4S/c1-10-3-5-12(6-4-10)18-23-24-19(30-18)22-16(26)11(2)21-17(27)14-8-7-13(25(28)29)9-15(14)20/h3-9,11H,1-2H3,(H,21,27)(H,22,24,26). The number of nitro benzene ring substituents is 1. The number of halogens is 1. The fourth-order valence-electron chi connectivity index (χ4n) is 2.44. The molecule has 9 nitrogen and oxygen atoms in total. The molecule has 3 aromatic rings. The Morgan fingerprint density at radius 2 is 1.87 bits per heavy atom. The molecule has 30 heavy (non-hydrogen) atoms. The van der Waals surface area contributed by atoms with Gasteiger partial charge in [-0.3, -0.25) is 25.0 Å². The molecule has 2 N–H and O–H groups in total. The highest BCUT2D eigenvalue weighted by Crippen LogP contribution is 2.26. The van der Waals surface area contributed by atoms with E-state index in [-0.39, 0.29) is 16.3 Å². The van der Waals surface area contributed by atoms with Gasteiger partial charge in [-0.1, -0.05) is 52.8 Å². The molecule has 1 heterocycles. The number of carbonyl (C=O) groups excluding carboxylic acids is 2. The second-order valence-corrected chi connectivity index (χ2v) is 7.77. The Morgan fingerprint density at radius 1 is 1.17 bits per heavy atom. The summed E-state index contributed by atoms with van der Waals surface area (Å²) >= 11 is 7.16. The lowest BCUT2D eigenvalue weighted by Gasteiger charge is -2.13. The molecule has 2 aromatic carbocycles. The number of hydrogen-bond donors (Lipinski definition) is 2. The van der Waals surface area contributed by atoms with Crippen LogP contribution in [0.3, 0.4) is 0 Å². The molecule has 0 aliphatic carbocycles. The van der Waals surface area contributed by atoms with Crippen LogP contribution >= 0.6 is 22.9 Å². The first-order valence-electron chi connectivity index (χ1n) is 8.71. The average Bonchev–Trinajstić information content (AvgIpc) is 3.16. The summed E-state index contributed by atoms with van der Waals surface area (Å²) in [6.07, 6.45) is 0. The number of carbonyl (C=O) groups is 2. The summed E-state index contributed by atoms with van der Waals surface area (Å²) in [7, 11) is 0. The highest BCUT2D eigenvalue weighted by Gasteiger charge is 2.21. The van der Waals surface area contributed by atoms with Gasteiger partial charge in [-0.05, 0) is 19.9 Å². The number of rotatable bonds is 6. The highest BCUT2D eigenvalue weighted by atomic mass is 35.5. The summed E-state index contributed by atoms with van der Waals surface area (Å²) in [6.45, 7) is 3.48. The van der Waals surface area contributed by atoms with E-state index in [1.54, 1.807) is 0 Å². The maximum atomic E-state index is 12.4. The number of aromatic nitrogens is 2. The van der Waals surface area contributed by atoms with Crippen LogP contribution in [0.4, 0.5) is 10.8 Å². The van der Waals surface area contributed by atoms with Crippen LogP contribution in [-0.4, -0.2) is 33.0 Å². The molecule has 0 spiro atoms. The number of aryl methyl sites for hydroxylation is 1. The van der Waals surface area contributed by atoms with E-state index in [1.807, 2.05) is 31.2 Å². The molecule has 1 aromatic heterocycles. The van der Waals surface area contributed by atoms with Crippen LogP contribution in [0.2, 0.25) is 5.02 Å². The second kappa shape index (κ2) is 8.97. The zero-order valence-electron chi connectivity index (χ0n) is 15.9. The number of nitro groups is 1. The smallest absolute Gasteiger partial charge is 0.270 e. The maximum absolute atomic E-state index is 12.4. The van der Waals surface area contributed by atoms with Gasteiger partial charge in [0.2, 0.25) is 11.0 Å². The molecule has 2 amide bonds. The first-order valence-corrected chi connectivity index (χ1v) is 9.90. The SMILES string of the molecule is Cc1ccc(-c2nnc(NC(=O)C(C)NC(=O)c3ccc([N+](=O)[O-])cc3Cl)s2)cc1. The van der Waals surface area contributed by atoms with Crippen molar-refractivity contribution in [3.8, 4) is 10.6 Å². The molecule has 0 saturated carbocycles. The predicted molar refractivity (Wildman–Crippen MR) is 114 cm³/mol. The van der Waals surface area contributed by atoms with Gasteiger partial charge in [0.15, 0.2) is 0 Å². The Bertz CT molecular complexity index is 1120. The normalized spacial score (nSPS) is 11.6. The number of nitrogens with one attached hydrogen (secondary N) is 2. The van der Waals surface area contributed by atoms with Crippen molar-refractivity contribution in [1.29, 1.82) is 0 Å². The molecule has 0 saturated heterocycles. The molecule has 3 rings (SSSR count). The van der Waals surface area contributed by atoms with Crippen molar-refractivity contribution in [3.05, 3.63) is 68.7 Å². The number of non-ortho nitro benzene ring substituents is 1. The summed E-state index contributed by atoms with van der Waals surface area (Å²) in [5.41, 5.74) is 1.80. The van der Waals surface area contributed by atoms with Crippen molar-refractivity contribution in [3.63, 3.8) is 0 Å². The molecule has 1 atom stereocenters. The van der Waals surface area contributed by atoms with Gasteiger partial charge in [0.05, 0.1) is 15.5 Å². The summed E-state index contributed by atoms with van der Waals surface area (Å²) in [5.74, 6) is -1.12. The molecule has 154 valence electrons. The van der Waals surface area contributed by atoms with Crippen molar-refractivity contribution in [1.82, 2.24) is 15.5 Å². The van der Waals surface area contributed by atoms with Gasteiger partial charge in [0, 0.05) is 17.7 Å². The lowest BCUT2D eigenvalue weighted by Crippen LogP contribution is -2.41. The van der Waals surface area contributed by atoms with Crippen LogP contribution < -0.4 is 10.6 Å². The fourth-order valence-corrected chi connectivity index (χ4v) is 3.45. The van der Waals surface area contributed by atoms with Crippen molar-refractivity contribution in [2.75, 3.05) is 5.32 Å². The monoisotopic (exact) mass is 445 g/mol. The predicted octanol–water partition coefficient (Wildman–Crippen LogP) is 3.83. The number of anilines is 1. The van der Waals surface area contributed by atoms with E-state index >= 15 is 0 Å². The van der Waals surface area contributed by atoms with Gasteiger partial charge in [-0.2, -0.15) is 0 Å². The van der Waals surface area contributed by atoms with E-state index in [4.69, 9.17) is 11.6 Å². The molecule has 1 unspecified atom stereocenters. The number of hydrogen-bond acceptors (Lipinski definition) is 7. The molecular formula is C19H16ClN5O4S. The zero-order chi connectivity index (χ0) is 21.8. The van der Waals surface area contributed by atoms with Crippen molar-refractivity contribution >= 4 is 45.6 Å². The third-order valence-corrected chi connectivity index (χ3v) is 5.30. The van der Waals surface area contributed by atoms with Crippen LogP contribution in [0, 0.1) is 17.0 Å². The minimum Gasteiger partial charge on any atom is -0.340 e. The quantitative estimate of drug-likeness (QED) is 0.438. The van der Waals surface area contributed by atoms with E-state index in [2.05, 4.69) is 20.8 Å². The highest BCUT2D eigenvalue weighted by molar-refractivity contribution is 7.18. The summed E-state index contributed by atoms with van der Waals surface area (Å²) in [4.78, 5) is 34.9. The lowest BCUT2D eigenvalue weighted by molar-refractivity contribution is -0.384. The van der Waals surface area contributed by atoms with Crippen LogP contribution in [-0.2, 0) is 4.79 Å². The van der Waals surface area contributed by atoms with E-state index in [0.29, 0.717) is 10.1 Å². The average molecular weight is 446 g/mol. The molecule has 0 bridgehead atoms. The first kappa shape index (κ1) is 21.3. The zero-order valence-corrected chi connectivity index (χ0v) is 17.5. The third kappa shape index (κ3) is 4.97. The third-order valence-electron chi connectivity index (χ3n) is 4.10. The summed E-state index contributed by atoms with van der Waals surface area (Å²) in [5, 5.41) is 24.8. The Balaban J connectivity index is 1.63. The van der Waals surface area contributed by atoms with Gasteiger partial charge in [0.1, 0.15) is 11.0 Å². The van der Waals surface area contributed by atoms with E-state index in [9.17, 15) is 19.7 Å². The second-order valence-electron chi connectivity index (χ2n) is 6.38. The summed E-state index contributed by atoms with van der Waals surface area (Å²) < 4.78 is 0. The van der Waals surface area contributed by atoms with Gasteiger partial charge >= 0.3 is 0 Å². The molecule has 0 aliphatic rings. The fraction of sp³-hybridized carbons (Fsp3) is 0.158.